The number of ether oxygens (including phenoxy) is 3. The van der Waals surface area contributed by atoms with Crippen molar-refractivity contribution in [2.45, 2.75) is 45.6 Å². The average molecular weight is 493 g/mol. The minimum Gasteiger partial charge on any atom is -0.468 e. The van der Waals surface area contributed by atoms with Crippen LogP contribution in [0.15, 0.2) is 21.9 Å². The second-order valence-corrected chi connectivity index (χ2v) is 11.7. The molecular weight excluding hydrogens is 465 g/mol. The van der Waals surface area contributed by atoms with Gasteiger partial charge in [-0.1, -0.05) is 6.92 Å². The molecule has 2 rings (SSSR count). The molecule has 1 aromatic heterocycles. The average Bonchev–Trinajstić information content (AvgIpc) is 3.09. The number of hydrogen-bond acceptors (Lipinski definition) is 10. The molecule has 180 valence electrons. The van der Waals surface area contributed by atoms with Gasteiger partial charge in [-0.25, -0.2) is 9.88 Å². The molecule has 0 amide bonds. The van der Waals surface area contributed by atoms with Crippen LogP contribution in [-0.4, -0.2) is 59.7 Å². The Hall–Kier alpha value is -1.92. The summed E-state index contributed by atoms with van der Waals surface area (Å²) in [5.74, 6) is -1.57. The summed E-state index contributed by atoms with van der Waals surface area (Å²) in [6.45, 7) is 1.05. The highest BCUT2D eigenvalue weighted by molar-refractivity contribution is 8.56. The largest absolute Gasteiger partial charge is 0.468 e. The van der Waals surface area contributed by atoms with E-state index < -0.39 is 42.2 Å². The summed E-state index contributed by atoms with van der Waals surface area (Å²) in [4.78, 5) is 48.8. The van der Waals surface area contributed by atoms with Gasteiger partial charge in [0, 0.05) is 18.2 Å². The van der Waals surface area contributed by atoms with Crippen LogP contribution in [0.4, 0.5) is 0 Å². The van der Waals surface area contributed by atoms with Crippen LogP contribution in [0.5, 0.6) is 0 Å². The molecule has 14 heteroatoms. The van der Waals surface area contributed by atoms with Gasteiger partial charge in [0.1, 0.15) is 18.5 Å². The summed E-state index contributed by atoms with van der Waals surface area (Å²) in [5, 5.41) is 2.54. The number of rotatable bonds is 11. The zero-order chi connectivity index (χ0) is 23.9. The lowest BCUT2D eigenvalue weighted by Gasteiger charge is -2.21. The Morgan fingerprint density at radius 1 is 1.38 bits per heavy atom. The maximum Gasteiger partial charge on any atom is 0.330 e. The summed E-state index contributed by atoms with van der Waals surface area (Å²) >= 11 is 0.692. The lowest BCUT2D eigenvalue weighted by Crippen LogP contribution is -2.33. The van der Waals surface area contributed by atoms with Crippen LogP contribution in [0, 0.1) is 5.92 Å². The van der Waals surface area contributed by atoms with Crippen molar-refractivity contribution >= 4 is 30.0 Å². The zero-order valence-electron chi connectivity index (χ0n) is 18.3. The van der Waals surface area contributed by atoms with Crippen molar-refractivity contribution in [3.8, 4) is 0 Å². The van der Waals surface area contributed by atoms with Gasteiger partial charge in [0.05, 0.1) is 25.9 Å². The minimum absolute atomic E-state index is 0.0942. The van der Waals surface area contributed by atoms with Crippen molar-refractivity contribution < 1.29 is 32.9 Å². The fourth-order valence-electron chi connectivity index (χ4n) is 2.97. The van der Waals surface area contributed by atoms with Gasteiger partial charge < -0.3 is 18.7 Å². The molecule has 1 aliphatic rings. The van der Waals surface area contributed by atoms with Gasteiger partial charge in [-0.3, -0.25) is 28.5 Å². The third kappa shape index (κ3) is 7.89. The topological polar surface area (TPSA) is 155 Å². The maximum atomic E-state index is 13.2. The highest BCUT2D eigenvalue weighted by Crippen LogP contribution is 2.56. The SMILES string of the molecule is COC(=O)CSP(=O)(NCC(=O)OC(C)C)OCC1CC(C)C(n2ccc(=O)[nH]c2=O)O1. The number of nitrogens with zero attached hydrogens (tertiary/aromatic N) is 1. The monoisotopic (exact) mass is 493 g/mol. The molecule has 0 aliphatic carbocycles. The first-order valence-corrected chi connectivity index (χ1v) is 13.1. The Kier molecular flexibility index (Phi) is 9.71. The molecular formula is C18H28N3O9PS. The molecule has 0 bridgehead atoms. The van der Waals surface area contributed by atoms with E-state index in [1.165, 1.54) is 23.9 Å². The fraction of sp³-hybridized carbons (Fsp3) is 0.667. The quantitative estimate of drug-likeness (QED) is 0.335. The predicted octanol–water partition coefficient (Wildman–Crippen LogP) is 1.03. The van der Waals surface area contributed by atoms with Crippen molar-refractivity contribution in [3.63, 3.8) is 0 Å². The van der Waals surface area contributed by atoms with Crippen molar-refractivity contribution in [1.82, 2.24) is 14.6 Å². The first-order valence-electron chi connectivity index (χ1n) is 9.90. The van der Waals surface area contributed by atoms with Crippen molar-refractivity contribution in [2.75, 3.05) is 26.0 Å². The van der Waals surface area contributed by atoms with Crippen LogP contribution in [0.2, 0.25) is 0 Å². The summed E-state index contributed by atoms with van der Waals surface area (Å²) in [7, 11) is 1.20. The van der Waals surface area contributed by atoms with E-state index in [-0.39, 0.29) is 30.9 Å². The molecule has 0 radical (unpaired) electrons. The van der Waals surface area contributed by atoms with E-state index >= 15 is 0 Å². The van der Waals surface area contributed by atoms with Crippen LogP contribution in [-0.2, 0) is 32.9 Å². The number of nitrogens with one attached hydrogen (secondary N) is 2. The predicted molar refractivity (Wildman–Crippen MR) is 116 cm³/mol. The van der Waals surface area contributed by atoms with Crippen LogP contribution < -0.4 is 16.3 Å². The first kappa shape index (κ1) is 26.3. The van der Waals surface area contributed by atoms with E-state index in [0.29, 0.717) is 17.8 Å². The summed E-state index contributed by atoms with van der Waals surface area (Å²) in [5.41, 5.74) is -1.11. The van der Waals surface area contributed by atoms with Gasteiger partial charge in [-0.05, 0) is 31.7 Å². The summed E-state index contributed by atoms with van der Waals surface area (Å²) in [6, 6.07) is 1.22. The Labute approximate surface area is 188 Å². The normalized spacial score (nSPS) is 22.5. The second kappa shape index (κ2) is 11.8. The molecule has 0 aromatic carbocycles. The third-order valence-electron chi connectivity index (χ3n) is 4.37. The number of methoxy groups -OCH3 is 1. The number of aromatic amines is 1. The molecule has 4 unspecified atom stereocenters. The van der Waals surface area contributed by atoms with Gasteiger partial charge in [-0.2, -0.15) is 0 Å². The van der Waals surface area contributed by atoms with E-state index in [0.717, 1.165) is 0 Å². The number of hydrogen-bond donors (Lipinski definition) is 2. The van der Waals surface area contributed by atoms with Crippen LogP contribution >= 0.6 is 18.1 Å². The standard InChI is InChI=1S/C18H28N3O9PS/c1-11(2)29-15(23)8-19-31(26,32-10-16(24)27-4)28-9-13-7-12(3)17(30-13)21-6-5-14(22)20-18(21)25/h5-6,11-13,17H,7-10H2,1-4H3,(H,19,26)(H,20,22,25). The number of carbonyl (C=O) groups excluding carboxylic acids is 2. The van der Waals surface area contributed by atoms with Crippen LogP contribution in [0.25, 0.3) is 0 Å². The number of aromatic nitrogens is 2. The lowest BCUT2D eigenvalue weighted by atomic mass is 10.1. The number of esters is 2. The van der Waals surface area contributed by atoms with Crippen molar-refractivity contribution in [1.29, 1.82) is 0 Å². The molecule has 1 aromatic rings. The number of H-pyrrole nitrogens is 1. The van der Waals surface area contributed by atoms with Crippen molar-refractivity contribution in [3.05, 3.63) is 33.1 Å². The van der Waals surface area contributed by atoms with Gasteiger partial charge in [-0.15, -0.1) is 0 Å². The zero-order valence-corrected chi connectivity index (χ0v) is 20.0. The highest BCUT2D eigenvalue weighted by atomic mass is 32.7. The Balaban J connectivity index is 2.01. The van der Waals surface area contributed by atoms with Crippen LogP contribution in [0.1, 0.15) is 33.4 Å². The summed E-state index contributed by atoms with van der Waals surface area (Å²) in [6.07, 6.45) is 0.362. The maximum absolute atomic E-state index is 13.2. The molecule has 4 atom stereocenters. The minimum atomic E-state index is -3.69. The van der Waals surface area contributed by atoms with E-state index in [9.17, 15) is 23.7 Å². The molecule has 1 fully saturated rings. The van der Waals surface area contributed by atoms with E-state index in [1.54, 1.807) is 13.8 Å². The molecule has 32 heavy (non-hydrogen) atoms. The molecule has 12 nitrogen and oxygen atoms in total. The van der Waals surface area contributed by atoms with E-state index in [4.69, 9.17) is 14.0 Å². The second-order valence-electron chi connectivity index (χ2n) is 7.40. The Bertz CT molecular complexity index is 964. The van der Waals surface area contributed by atoms with Crippen LogP contribution in [0.3, 0.4) is 0 Å². The Morgan fingerprint density at radius 2 is 2.09 bits per heavy atom. The third-order valence-corrected chi connectivity index (χ3v) is 8.22. The number of carbonyl (C=O) groups is 2. The lowest BCUT2D eigenvalue weighted by molar-refractivity contribution is -0.146. The van der Waals surface area contributed by atoms with E-state index in [2.05, 4.69) is 14.8 Å². The van der Waals surface area contributed by atoms with Gasteiger partial charge in [0.25, 0.3) is 5.56 Å². The molecule has 1 aliphatic heterocycles. The van der Waals surface area contributed by atoms with Gasteiger partial charge in [0.2, 0.25) is 0 Å². The molecule has 2 heterocycles. The Morgan fingerprint density at radius 3 is 2.72 bits per heavy atom. The highest BCUT2D eigenvalue weighted by Gasteiger charge is 2.36. The molecule has 1 saturated heterocycles. The van der Waals surface area contributed by atoms with Gasteiger partial charge in [0.15, 0.2) is 0 Å². The molecule has 0 spiro atoms. The van der Waals surface area contributed by atoms with E-state index in [1.807, 2.05) is 6.92 Å². The fourth-order valence-corrected chi connectivity index (χ4v) is 6.00. The smallest absolute Gasteiger partial charge is 0.330 e. The van der Waals surface area contributed by atoms with Crippen molar-refractivity contribution in [2.24, 2.45) is 5.92 Å². The molecule has 0 saturated carbocycles. The van der Waals surface area contributed by atoms with Gasteiger partial charge >= 0.3 is 24.3 Å². The molecule has 2 N–H and O–H groups in total. The first-order chi connectivity index (χ1) is 15.0. The summed E-state index contributed by atoms with van der Waals surface area (Å²) < 4.78 is 35.5.